The molecule has 0 spiro atoms. The van der Waals surface area contributed by atoms with Gasteiger partial charge >= 0.3 is 0 Å². The van der Waals surface area contributed by atoms with Gasteiger partial charge in [0, 0.05) is 24.3 Å². The molecule has 5 heteroatoms. The Kier molecular flexibility index (Phi) is 2.88. The van der Waals surface area contributed by atoms with Gasteiger partial charge in [0.05, 0.1) is 0 Å². The molecule has 0 radical (unpaired) electrons. The smallest absolute Gasteiger partial charge is 0.189 e. The van der Waals surface area contributed by atoms with Crippen LogP contribution in [0.4, 0.5) is 5.82 Å². The fourth-order valence-electron chi connectivity index (χ4n) is 1.18. The standard InChI is InChI=1S/C9H14N4S/c1-14-9-11-5-6(4-10)8(13-9)12-7-2-3-7/h5,7H,2-4,10H2,1H3,(H,11,12,13). The molecule has 4 nitrogen and oxygen atoms in total. The monoisotopic (exact) mass is 210 g/mol. The summed E-state index contributed by atoms with van der Waals surface area (Å²) in [6, 6.07) is 0.602. The number of nitrogens with one attached hydrogen (secondary N) is 1. The van der Waals surface area contributed by atoms with E-state index in [0.29, 0.717) is 12.6 Å². The van der Waals surface area contributed by atoms with Gasteiger partial charge in [0.2, 0.25) is 0 Å². The van der Waals surface area contributed by atoms with Gasteiger partial charge in [-0.1, -0.05) is 11.8 Å². The van der Waals surface area contributed by atoms with E-state index < -0.39 is 0 Å². The van der Waals surface area contributed by atoms with Crippen molar-refractivity contribution in [2.24, 2.45) is 5.73 Å². The lowest BCUT2D eigenvalue weighted by atomic mass is 10.3. The molecule has 1 aromatic heterocycles. The van der Waals surface area contributed by atoms with Crippen molar-refractivity contribution in [2.75, 3.05) is 11.6 Å². The molecule has 0 aromatic carbocycles. The second-order valence-corrected chi connectivity index (χ2v) is 4.13. The van der Waals surface area contributed by atoms with Gasteiger partial charge in [-0.3, -0.25) is 0 Å². The van der Waals surface area contributed by atoms with Crippen molar-refractivity contribution >= 4 is 17.6 Å². The second-order valence-electron chi connectivity index (χ2n) is 3.35. The van der Waals surface area contributed by atoms with Crippen LogP contribution in [0.15, 0.2) is 11.4 Å². The largest absolute Gasteiger partial charge is 0.367 e. The van der Waals surface area contributed by atoms with Crippen LogP contribution in [-0.4, -0.2) is 22.3 Å². The number of rotatable bonds is 4. The van der Waals surface area contributed by atoms with E-state index in [0.717, 1.165) is 16.5 Å². The molecule has 1 heterocycles. The van der Waals surface area contributed by atoms with Crippen LogP contribution < -0.4 is 11.1 Å². The summed E-state index contributed by atoms with van der Waals surface area (Å²) >= 11 is 1.55. The molecule has 0 saturated heterocycles. The molecule has 76 valence electrons. The second kappa shape index (κ2) is 4.14. The zero-order valence-electron chi connectivity index (χ0n) is 8.16. The third kappa shape index (κ3) is 2.16. The van der Waals surface area contributed by atoms with Crippen LogP contribution in [0.1, 0.15) is 18.4 Å². The van der Waals surface area contributed by atoms with Gasteiger partial charge in [-0.2, -0.15) is 0 Å². The first-order valence-corrected chi connectivity index (χ1v) is 5.92. The van der Waals surface area contributed by atoms with Gasteiger partial charge in [-0.05, 0) is 19.1 Å². The maximum Gasteiger partial charge on any atom is 0.189 e. The highest BCUT2D eigenvalue weighted by Crippen LogP contribution is 2.26. The van der Waals surface area contributed by atoms with E-state index in [9.17, 15) is 0 Å². The Balaban J connectivity index is 2.21. The van der Waals surface area contributed by atoms with Crippen molar-refractivity contribution in [1.29, 1.82) is 0 Å². The molecule has 1 aromatic rings. The first kappa shape index (κ1) is 9.73. The van der Waals surface area contributed by atoms with Crippen molar-refractivity contribution in [1.82, 2.24) is 9.97 Å². The zero-order valence-corrected chi connectivity index (χ0v) is 8.97. The number of nitrogens with zero attached hydrogens (tertiary/aromatic N) is 2. The van der Waals surface area contributed by atoms with Crippen molar-refractivity contribution in [3.63, 3.8) is 0 Å². The van der Waals surface area contributed by atoms with Crippen molar-refractivity contribution in [2.45, 2.75) is 30.6 Å². The molecule has 14 heavy (non-hydrogen) atoms. The van der Waals surface area contributed by atoms with Gasteiger partial charge in [0.15, 0.2) is 5.16 Å². The van der Waals surface area contributed by atoms with E-state index in [4.69, 9.17) is 5.73 Å². The molecule has 0 bridgehead atoms. The highest BCUT2D eigenvalue weighted by molar-refractivity contribution is 7.98. The van der Waals surface area contributed by atoms with Gasteiger partial charge in [0.25, 0.3) is 0 Å². The molecule has 1 saturated carbocycles. The van der Waals surface area contributed by atoms with Crippen LogP contribution in [0.3, 0.4) is 0 Å². The quantitative estimate of drug-likeness (QED) is 0.578. The van der Waals surface area contributed by atoms with Gasteiger partial charge in [-0.15, -0.1) is 0 Å². The molecule has 0 aliphatic heterocycles. The Morgan fingerprint density at radius 2 is 2.43 bits per heavy atom. The average Bonchev–Trinajstić information content (AvgIpc) is 3.01. The Morgan fingerprint density at radius 3 is 3.00 bits per heavy atom. The third-order valence-corrected chi connectivity index (χ3v) is 2.72. The SMILES string of the molecule is CSc1ncc(CN)c(NC2CC2)n1. The molecule has 0 atom stereocenters. The normalized spacial score (nSPS) is 15.6. The summed E-state index contributed by atoms with van der Waals surface area (Å²) in [7, 11) is 0. The fourth-order valence-corrected chi connectivity index (χ4v) is 1.53. The molecule has 1 fully saturated rings. The Bertz CT molecular complexity index is 325. The highest BCUT2D eigenvalue weighted by Gasteiger charge is 2.22. The summed E-state index contributed by atoms with van der Waals surface area (Å²) < 4.78 is 0. The van der Waals surface area contributed by atoms with Gasteiger partial charge < -0.3 is 11.1 Å². The van der Waals surface area contributed by atoms with Crippen molar-refractivity contribution < 1.29 is 0 Å². The fraction of sp³-hybridized carbons (Fsp3) is 0.556. The Labute approximate surface area is 87.7 Å². The van der Waals surface area contributed by atoms with Crippen molar-refractivity contribution in [3.05, 3.63) is 11.8 Å². The van der Waals surface area contributed by atoms with Crippen LogP contribution in [0.5, 0.6) is 0 Å². The van der Waals surface area contributed by atoms with E-state index in [1.54, 1.807) is 11.8 Å². The van der Waals surface area contributed by atoms with Gasteiger partial charge in [-0.25, -0.2) is 9.97 Å². The minimum Gasteiger partial charge on any atom is -0.367 e. The number of hydrogen-bond donors (Lipinski definition) is 2. The minimum absolute atomic E-state index is 0.490. The molecule has 0 unspecified atom stereocenters. The predicted octanol–water partition coefficient (Wildman–Crippen LogP) is 1.23. The number of hydrogen-bond acceptors (Lipinski definition) is 5. The lowest BCUT2D eigenvalue weighted by Gasteiger charge is -2.09. The summed E-state index contributed by atoms with van der Waals surface area (Å²) in [4.78, 5) is 8.59. The number of aromatic nitrogens is 2. The third-order valence-electron chi connectivity index (χ3n) is 2.16. The summed E-state index contributed by atoms with van der Waals surface area (Å²) in [5, 5.41) is 4.16. The zero-order chi connectivity index (χ0) is 9.97. The number of nitrogens with two attached hydrogens (primary N) is 1. The van der Waals surface area contributed by atoms with Crippen LogP contribution in [0, 0.1) is 0 Å². The average molecular weight is 210 g/mol. The van der Waals surface area contributed by atoms with Crippen LogP contribution in [0.2, 0.25) is 0 Å². The van der Waals surface area contributed by atoms with E-state index in [1.165, 1.54) is 12.8 Å². The maximum absolute atomic E-state index is 5.61. The summed E-state index contributed by atoms with van der Waals surface area (Å²) in [6.07, 6.45) is 6.26. The number of anilines is 1. The Hall–Kier alpha value is -0.810. The first-order chi connectivity index (χ1) is 6.83. The van der Waals surface area contributed by atoms with E-state index >= 15 is 0 Å². The van der Waals surface area contributed by atoms with Gasteiger partial charge in [0.1, 0.15) is 5.82 Å². The minimum atomic E-state index is 0.490. The molecular formula is C9H14N4S. The first-order valence-electron chi connectivity index (χ1n) is 4.70. The summed E-state index contributed by atoms with van der Waals surface area (Å²) in [6.45, 7) is 0.490. The van der Waals surface area contributed by atoms with Crippen LogP contribution in [-0.2, 0) is 6.54 Å². The summed E-state index contributed by atoms with van der Waals surface area (Å²) in [5.41, 5.74) is 6.61. The van der Waals surface area contributed by atoms with E-state index in [1.807, 2.05) is 12.5 Å². The van der Waals surface area contributed by atoms with Crippen molar-refractivity contribution in [3.8, 4) is 0 Å². The van der Waals surface area contributed by atoms with Crippen LogP contribution >= 0.6 is 11.8 Å². The molecule has 1 aliphatic carbocycles. The molecule has 3 N–H and O–H groups in total. The number of thioether (sulfide) groups is 1. The summed E-state index contributed by atoms with van der Waals surface area (Å²) in [5.74, 6) is 0.911. The molecule has 1 aliphatic rings. The molecule has 2 rings (SSSR count). The van der Waals surface area contributed by atoms with E-state index in [-0.39, 0.29) is 0 Å². The lowest BCUT2D eigenvalue weighted by Crippen LogP contribution is -2.10. The lowest BCUT2D eigenvalue weighted by molar-refractivity contribution is 0.906. The highest BCUT2D eigenvalue weighted by atomic mass is 32.2. The Morgan fingerprint density at radius 1 is 1.64 bits per heavy atom. The van der Waals surface area contributed by atoms with Crippen LogP contribution in [0.25, 0.3) is 0 Å². The molecular weight excluding hydrogens is 196 g/mol. The molecule has 0 amide bonds. The maximum atomic E-state index is 5.61. The van der Waals surface area contributed by atoms with E-state index in [2.05, 4.69) is 15.3 Å². The topological polar surface area (TPSA) is 63.8 Å². The predicted molar refractivity (Wildman–Crippen MR) is 58.3 cm³/mol.